The molecular formula is C20H17NO2. The number of allylic oxidation sites excluding steroid dienone is 2. The maximum atomic E-state index is 11.9. The molecule has 1 unspecified atom stereocenters. The highest BCUT2D eigenvalue weighted by Gasteiger charge is 2.44. The van der Waals surface area contributed by atoms with Crippen molar-refractivity contribution in [2.24, 2.45) is 0 Å². The normalized spacial score (nSPS) is 21.6. The molecule has 0 fully saturated rings. The molecule has 0 spiro atoms. The maximum absolute atomic E-state index is 11.9. The summed E-state index contributed by atoms with van der Waals surface area (Å²) in [4.78, 5) is 11.8. The van der Waals surface area contributed by atoms with E-state index in [0.717, 1.165) is 24.0 Å². The summed E-state index contributed by atoms with van der Waals surface area (Å²) in [5.41, 5.74) is 4.66. The molecule has 23 heavy (non-hydrogen) atoms. The maximum Gasteiger partial charge on any atom is 0.269 e. The van der Waals surface area contributed by atoms with Crippen LogP contribution in [0.25, 0.3) is 0 Å². The Morgan fingerprint density at radius 1 is 0.913 bits per heavy atom. The highest BCUT2D eigenvalue weighted by Crippen LogP contribution is 2.39. The molecule has 4 rings (SSSR count). The lowest BCUT2D eigenvalue weighted by molar-refractivity contribution is -0.563. The van der Waals surface area contributed by atoms with E-state index in [1.54, 1.807) is 12.2 Å². The summed E-state index contributed by atoms with van der Waals surface area (Å²) in [6.45, 7) is 0. The summed E-state index contributed by atoms with van der Waals surface area (Å²) in [5, 5.41) is 11.9. The van der Waals surface area contributed by atoms with Crippen molar-refractivity contribution in [1.29, 1.82) is 0 Å². The summed E-state index contributed by atoms with van der Waals surface area (Å²) in [6.07, 6.45) is 9.34. The quantitative estimate of drug-likeness (QED) is 0.527. The zero-order chi connectivity index (χ0) is 15.9. The van der Waals surface area contributed by atoms with Crippen molar-refractivity contribution in [2.45, 2.75) is 24.8 Å². The van der Waals surface area contributed by atoms with Crippen molar-refractivity contribution >= 4 is 0 Å². The van der Waals surface area contributed by atoms with Gasteiger partial charge in [0.2, 0.25) is 0 Å². The highest BCUT2D eigenvalue weighted by atomic mass is 16.6. The third-order valence-corrected chi connectivity index (χ3v) is 4.98. The molecule has 2 aliphatic rings. The third kappa shape index (κ3) is 2.12. The van der Waals surface area contributed by atoms with E-state index in [0.29, 0.717) is 6.42 Å². The van der Waals surface area contributed by atoms with Crippen LogP contribution in [0.2, 0.25) is 0 Å². The van der Waals surface area contributed by atoms with Crippen LogP contribution >= 0.6 is 0 Å². The van der Waals surface area contributed by atoms with E-state index in [-0.39, 0.29) is 4.92 Å². The second-order valence-corrected chi connectivity index (χ2v) is 6.24. The molecule has 3 heteroatoms. The second-order valence-electron chi connectivity index (χ2n) is 6.24. The molecule has 0 saturated heterocycles. The summed E-state index contributed by atoms with van der Waals surface area (Å²) >= 11 is 0. The van der Waals surface area contributed by atoms with Crippen molar-refractivity contribution < 1.29 is 4.92 Å². The highest BCUT2D eigenvalue weighted by molar-refractivity contribution is 5.51. The third-order valence-electron chi connectivity index (χ3n) is 4.98. The lowest BCUT2D eigenvalue weighted by Gasteiger charge is -2.29. The van der Waals surface area contributed by atoms with Crippen LogP contribution < -0.4 is 0 Å². The number of nitrogens with zero attached hydrogens (tertiary/aromatic N) is 1. The van der Waals surface area contributed by atoms with Crippen LogP contribution in [-0.2, 0) is 18.4 Å². The minimum atomic E-state index is -1.13. The Morgan fingerprint density at radius 3 is 2.35 bits per heavy atom. The fourth-order valence-electron chi connectivity index (χ4n) is 3.76. The van der Waals surface area contributed by atoms with Crippen LogP contribution in [0.15, 0.2) is 66.8 Å². The standard InChI is InChI=1S/C20H17NO2/c22-21(23)20(11-4-1-5-12-20)19-10-6-9-17-13-15-7-2-3-8-16(15)14-18(17)19/h1-11H,12-14H2. The Morgan fingerprint density at radius 2 is 1.65 bits per heavy atom. The first-order valence-electron chi connectivity index (χ1n) is 7.87. The van der Waals surface area contributed by atoms with Crippen LogP contribution in [0.4, 0.5) is 0 Å². The smallest absolute Gasteiger partial charge is 0.263 e. The molecule has 1 atom stereocenters. The first-order chi connectivity index (χ1) is 11.2. The van der Waals surface area contributed by atoms with Gasteiger partial charge in [0.05, 0.1) is 0 Å². The minimum absolute atomic E-state index is 0.136. The molecule has 2 aromatic rings. The van der Waals surface area contributed by atoms with E-state index in [4.69, 9.17) is 0 Å². The monoisotopic (exact) mass is 303 g/mol. The van der Waals surface area contributed by atoms with Crippen LogP contribution in [-0.4, -0.2) is 4.92 Å². The SMILES string of the molecule is O=[N+]([O-])C1(c2cccc3c2Cc2ccccc2C3)C=CC=CC1. The molecule has 2 aromatic carbocycles. The van der Waals surface area contributed by atoms with Gasteiger partial charge in [-0.2, -0.15) is 0 Å². The van der Waals surface area contributed by atoms with E-state index < -0.39 is 5.54 Å². The van der Waals surface area contributed by atoms with Gasteiger partial charge in [0.15, 0.2) is 0 Å². The number of hydrogen-bond donors (Lipinski definition) is 0. The summed E-state index contributed by atoms with van der Waals surface area (Å²) < 4.78 is 0. The van der Waals surface area contributed by atoms with Gasteiger partial charge in [0.1, 0.15) is 0 Å². The Kier molecular flexibility index (Phi) is 3.15. The van der Waals surface area contributed by atoms with Crippen LogP contribution in [0.5, 0.6) is 0 Å². The molecule has 0 aliphatic heterocycles. The molecule has 3 nitrogen and oxygen atoms in total. The molecule has 0 N–H and O–H groups in total. The van der Waals surface area contributed by atoms with Gasteiger partial charge in [-0.25, -0.2) is 0 Å². The number of nitro groups is 1. The summed E-state index contributed by atoms with van der Waals surface area (Å²) in [6, 6.07) is 14.4. The molecule has 114 valence electrons. The average molecular weight is 303 g/mol. The Balaban J connectivity index is 1.88. The number of fused-ring (bicyclic) bond motifs is 2. The topological polar surface area (TPSA) is 43.1 Å². The molecule has 0 aromatic heterocycles. The molecule has 0 amide bonds. The average Bonchev–Trinajstić information content (AvgIpc) is 2.60. The first-order valence-corrected chi connectivity index (χ1v) is 7.87. The fraction of sp³-hybridized carbons (Fsp3) is 0.200. The van der Waals surface area contributed by atoms with Gasteiger partial charge in [-0.05, 0) is 41.2 Å². The summed E-state index contributed by atoms with van der Waals surface area (Å²) in [7, 11) is 0. The van der Waals surface area contributed by atoms with Crippen LogP contribution in [0.3, 0.4) is 0 Å². The van der Waals surface area contributed by atoms with Crippen molar-refractivity contribution in [2.75, 3.05) is 0 Å². The molecule has 0 heterocycles. The summed E-state index contributed by atoms with van der Waals surface area (Å²) in [5.74, 6) is 0. The first kappa shape index (κ1) is 13.9. The van der Waals surface area contributed by atoms with Crippen molar-refractivity contribution in [3.8, 4) is 0 Å². The van der Waals surface area contributed by atoms with E-state index in [1.807, 2.05) is 30.4 Å². The Hall–Kier alpha value is -2.68. The lowest BCUT2D eigenvalue weighted by Crippen LogP contribution is -2.35. The van der Waals surface area contributed by atoms with Gasteiger partial charge >= 0.3 is 0 Å². The molecule has 2 aliphatic carbocycles. The number of rotatable bonds is 2. The zero-order valence-electron chi connectivity index (χ0n) is 12.7. The minimum Gasteiger partial charge on any atom is -0.263 e. The molecule has 0 radical (unpaired) electrons. The van der Waals surface area contributed by atoms with Gasteiger partial charge in [-0.1, -0.05) is 60.7 Å². The van der Waals surface area contributed by atoms with Gasteiger partial charge in [0.25, 0.3) is 5.54 Å². The molecule has 0 bridgehead atoms. The number of hydrogen-bond acceptors (Lipinski definition) is 2. The largest absolute Gasteiger partial charge is 0.269 e. The second kappa shape index (κ2) is 5.20. The molecular weight excluding hydrogens is 286 g/mol. The zero-order valence-corrected chi connectivity index (χ0v) is 12.7. The van der Waals surface area contributed by atoms with Crippen molar-refractivity contribution in [3.05, 3.63) is 105 Å². The number of benzene rings is 2. The predicted molar refractivity (Wildman–Crippen MR) is 90.1 cm³/mol. The van der Waals surface area contributed by atoms with Crippen LogP contribution in [0.1, 0.15) is 34.2 Å². The van der Waals surface area contributed by atoms with Gasteiger partial charge < -0.3 is 0 Å². The fourth-order valence-corrected chi connectivity index (χ4v) is 3.76. The Labute approximate surface area is 135 Å². The predicted octanol–water partition coefficient (Wildman–Crippen LogP) is 4.17. The van der Waals surface area contributed by atoms with E-state index >= 15 is 0 Å². The Bertz CT molecular complexity index is 850. The van der Waals surface area contributed by atoms with Gasteiger partial charge in [-0.3, -0.25) is 10.1 Å². The van der Waals surface area contributed by atoms with Crippen molar-refractivity contribution in [1.82, 2.24) is 0 Å². The van der Waals surface area contributed by atoms with Gasteiger partial charge in [0, 0.05) is 16.9 Å². The van der Waals surface area contributed by atoms with E-state index in [1.165, 1.54) is 16.7 Å². The van der Waals surface area contributed by atoms with Crippen LogP contribution in [0, 0.1) is 10.1 Å². The van der Waals surface area contributed by atoms with Gasteiger partial charge in [-0.15, -0.1) is 0 Å². The van der Waals surface area contributed by atoms with E-state index in [9.17, 15) is 10.1 Å². The van der Waals surface area contributed by atoms with E-state index in [2.05, 4.69) is 24.3 Å². The van der Waals surface area contributed by atoms with Crippen molar-refractivity contribution in [3.63, 3.8) is 0 Å². The lowest BCUT2D eigenvalue weighted by atomic mass is 9.76. The molecule has 0 saturated carbocycles.